The molecule has 0 spiro atoms. The van der Waals surface area contributed by atoms with E-state index in [9.17, 15) is 0 Å². The van der Waals surface area contributed by atoms with Crippen molar-refractivity contribution in [2.75, 3.05) is 20.3 Å². The zero-order valence-electron chi connectivity index (χ0n) is 11.3. The Morgan fingerprint density at radius 1 is 1.22 bits per heavy atom. The van der Waals surface area contributed by atoms with Crippen LogP contribution in [0.3, 0.4) is 0 Å². The Bertz CT molecular complexity index is 386. The van der Waals surface area contributed by atoms with Gasteiger partial charge in [0, 0.05) is 11.9 Å². The molecule has 1 unspecified atom stereocenters. The summed E-state index contributed by atoms with van der Waals surface area (Å²) in [5.74, 6) is 0.851. The summed E-state index contributed by atoms with van der Waals surface area (Å²) in [7, 11) is 1.67. The molecule has 0 fully saturated rings. The zero-order chi connectivity index (χ0) is 13.8. The van der Waals surface area contributed by atoms with Gasteiger partial charge in [0.2, 0.25) is 0 Å². The minimum atomic E-state index is 0.178. The van der Waals surface area contributed by atoms with Crippen LogP contribution in [0.1, 0.15) is 31.2 Å². The Labute approximate surface area is 126 Å². The van der Waals surface area contributed by atoms with Gasteiger partial charge in [-0.15, -0.1) is 0 Å². The topological polar surface area (TPSA) is 18.5 Å². The van der Waals surface area contributed by atoms with E-state index in [0.29, 0.717) is 18.0 Å². The third-order valence-corrected chi connectivity index (χ3v) is 5.08. The first-order chi connectivity index (χ1) is 8.36. The molecule has 1 aromatic carbocycles. The van der Waals surface area contributed by atoms with Crippen molar-refractivity contribution in [3.8, 4) is 5.75 Å². The average Bonchev–Trinajstić information content (AvgIpc) is 2.29. The summed E-state index contributed by atoms with van der Waals surface area (Å²) in [5, 5.41) is 0. The molecule has 0 bridgehead atoms. The quantitative estimate of drug-likeness (QED) is 0.531. The Balaban J connectivity index is 2.79. The van der Waals surface area contributed by atoms with Gasteiger partial charge in [-0.25, -0.2) is 0 Å². The van der Waals surface area contributed by atoms with E-state index in [1.807, 2.05) is 6.07 Å². The van der Waals surface area contributed by atoms with Crippen molar-refractivity contribution in [1.29, 1.82) is 0 Å². The molecule has 0 radical (unpaired) electrons. The van der Waals surface area contributed by atoms with Gasteiger partial charge in [0.1, 0.15) is 12.4 Å². The lowest BCUT2D eigenvalue weighted by Gasteiger charge is -2.26. The van der Waals surface area contributed by atoms with Crippen molar-refractivity contribution in [3.05, 3.63) is 28.2 Å². The highest BCUT2D eigenvalue weighted by atomic mass is 79.9. The zero-order valence-corrected chi connectivity index (χ0v) is 14.5. The summed E-state index contributed by atoms with van der Waals surface area (Å²) >= 11 is 7.29. The molecule has 0 aliphatic heterocycles. The van der Waals surface area contributed by atoms with Crippen LogP contribution in [0.2, 0.25) is 0 Å². The molecule has 0 saturated heterocycles. The van der Waals surface area contributed by atoms with Crippen molar-refractivity contribution in [2.45, 2.75) is 25.6 Å². The molecule has 0 heterocycles. The summed E-state index contributed by atoms with van der Waals surface area (Å²) in [6.45, 7) is 7.79. The van der Waals surface area contributed by atoms with Crippen LogP contribution in [0.15, 0.2) is 22.7 Å². The maximum Gasteiger partial charge on any atom is 0.133 e. The van der Waals surface area contributed by atoms with Gasteiger partial charge in [-0.3, -0.25) is 0 Å². The van der Waals surface area contributed by atoms with Crippen LogP contribution in [0, 0.1) is 5.41 Å². The fraction of sp³-hybridized carbons (Fsp3) is 0.571. The molecule has 1 atom stereocenters. The van der Waals surface area contributed by atoms with Crippen molar-refractivity contribution in [1.82, 2.24) is 0 Å². The molecule has 0 aliphatic carbocycles. The largest absolute Gasteiger partial charge is 0.490 e. The molecule has 1 rings (SSSR count). The Kier molecular flexibility index (Phi) is 6.15. The number of methoxy groups -OCH3 is 1. The van der Waals surface area contributed by atoms with Gasteiger partial charge in [0.15, 0.2) is 0 Å². The highest BCUT2D eigenvalue weighted by molar-refractivity contribution is 9.10. The van der Waals surface area contributed by atoms with Crippen LogP contribution in [0.5, 0.6) is 5.75 Å². The highest BCUT2D eigenvalue weighted by Crippen LogP contribution is 2.41. The molecule has 0 saturated carbocycles. The number of benzene rings is 1. The van der Waals surface area contributed by atoms with Gasteiger partial charge in [0.25, 0.3) is 0 Å². The summed E-state index contributed by atoms with van der Waals surface area (Å²) in [5.41, 5.74) is 1.42. The molecule has 102 valence electrons. The first-order valence-electron chi connectivity index (χ1n) is 5.91. The van der Waals surface area contributed by atoms with Gasteiger partial charge in [-0.2, -0.15) is 0 Å². The molecule has 4 heteroatoms. The molecule has 0 aromatic heterocycles. The minimum absolute atomic E-state index is 0.178. The summed E-state index contributed by atoms with van der Waals surface area (Å²) in [6.07, 6.45) is 0. The van der Waals surface area contributed by atoms with Crippen molar-refractivity contribution >= 4 is 31.9 Å². The average molecular weight is 380 g/mol. The van der Waals surface area contributed by atoms with Crippen LogP contribution in [-0.2, 0) is 4.74 Å². The first-order valence-corrected chi connectivity index (χ1v) is 7.62. The first kappa shape index (κ1) is 16.0. The molecule has 2 nitrogen and oxygen atoms in total. The third-order valence-electron chi connectivity index (χ3n) is 2.55. The minimum Gasteiger partial charge on any atom is -0.490 e. The van der Waals surface area contributed by atoms with E-state index >= 15 is 0 Å². The van der Waals surface area contributed by atoms with E-state index in [-0.39, 0.29) is 5.41 Å². The number of ether oxygens (including phenoxy) is 2. The molecule has 18 heavy (non-hydrogen) atoms. The number of hydrogen-bond acceptors (Lipinski definition) is 2. The van der Waals surface area contributed by atoms with Crippen molar-refractivity contribution in [3.63, 3.8) is 0 Å². The normalized spacial score (nSPS) is 13.4. The standard InChI is InChI=1S/C14H20Br2O2/c1-14(2,3)13(16)10-5-6-12(11(15)9-10)18-8-7-17-4/h5-6,9,13H,7-8H2,1-4H3. The molecule has 0 aliphatic rings. The monoisotopic (exact) mass is 378 g/mol. The van der Waals surface area contributed by atoms with E-state index in [0.717, 1.165) is 10.2 Å². The lowest BCUT2D eigenvalue weighted by molar-refractivity contribution is 0.146. The maximum absolute atomic E-state index is 5.61. The predicted molar refractivity (Wildman–Crippen MR) is 82.6 cm³/mol. The van der Waals surface area contributed by atoms with Crippen LogP contribution >= 0.6 is 31.9 Å². The fourth-order valence-electron chi connectivity index (χ4n) is 1.53. The third kappa shape index (κ3) is 4.56. The van der Waals surface area contributed by atoms with E-state index in [1.54, 1.807) is 7.11 Å². The Morgan fingerprint density at radius 2 is 1.89 bits per heavy atom. The van der Waals surface area contributed by atoms with Gasteiger partial charge in [0.05, 0.1) is 11.1 Å². The fourth-order valence-corrected chi connectivity index (χ4v) is 2.32. The number of alkyl halides is 1. The lowest BCUT2D eigenvalue weighted by atomic mass is 9.88. The summed E-state index contributed by atoms with van der Waals surface area (Å²) in [4.78, 5) is 0.314. The van der Waals surface area contributed by atoms with Gasteiger partial charge >= 0.3 is 0 Å². The number of rotatable bonds is 5. The lowest BCUT2D eigenvalue weighted by Crippen LogP contribution is -2.13. The van der Waals surface area contributed by atoms with Crippen LogP contribution in [0.25, 0.3) is 0 Å². The second-order valence-corrected chi connectivity index (χ2v) is 7.03. The molecular formula is C14H20Br2O2. The van der Waals surface area contributed by atoms with Crippen LogP contribution in [0.4, 0.5) is 0 Å². The van der Waals surface area contributed by atoms with Gasteiger partial charge in [-0.05, 0) is 39.0 Å². The summed E-state index contributed by atoms with van der Waals surface area (Å²) in [6, 6.07) is 6.19. The molecule has 0 N–H and O–H groups in total. The van der Waals surface area contributed by atoms with E-state index < -0.39 is 0 Å². The van der Waals surface area contributed by atoms with Crippen molar-refractivity contribution < 1.29 is 9.47 Å². The van der Waals surface area contributed by atoms with Crippen LogP contribution < -0.4 is 4.74 Å². The SMILES string of the molecule is COCCOc1ccc(C(Br)C(C)(C)C)cc1Br. The second kappa shape index (κ2) is 6.92. The Morgan fingerprint density at radius 3 is 2.39 bits per heavy atom. The smallest absolute Gasteiger partial charge is 0.133 e. The number of hydrogen-bond donors (Lipinski definition) is 0. The molecule has 1 aromatic rings. The van der Waals surface area contributed by atoms with Crippen molar-refractivity contribution in [2.24, 2.45) is 5.41 Å². The predicted octanol–water partition coefficient (Wildman–Crippen LogP) is 4.96. The van der Waals surface area contributed by atoms with E-state index in [1.165, 1.54) is 5.56 Å². The number of halogens is 2. The van der Waals surface area contributed by atoms with E-state index in [2.05, 4.69) is 64.8 Å². The highest BCUT2D eigenvalue weighted by Gasteiger charge is 2.23. The van der Waals surface area contributed by atoms with Crippen LogP contribution in [-0.4, -0.2) is 20.3 Å². The van der Waals surface area contributed by atoms with Gasteiger partial charge < -0.3 is 9.47 Å². The summed E-state index contributed by atoms with van der Waals surface area (Å²) < 4.78 is 11.5. The van der Waals surface area contributed by atoms with Gasteiger partial charge in [-0.1, -0.05) is 42.8 Å². The Hall–Kier alpha value is -0.0600. The molecule has 0 amide bonds. The second-order valence-electron chi connectivity index (χ2n) is 5.26. The van der Waals surface area contributed by atoms with E-state index in [4.69, 9.17) is 9.47 Å². The molecular weight excluding hydrogens is 360 g/mol. The maximum atomic E-state index is 5.61.